The highest BCUT2D eigenvalue weighted by Crippen LogP contribution is 2.81. The van der Waals surface area contributed by atoms with Crippen LogP contribution in [0.15, 0.2) is 70.9 Å². The van der Waals surface area contributed by atoms with Crippen LogP contribution in [0.3, 0.4) is 0 Å². The van der Waals surface area contributed by atoms with Crippen LogP contribution in [0.5, 0.6) is 0 Å². The maximum atomic E-state index is 2.39. The molecule has 3 rings (SSSR count). The zero-order valence-corrected chi connectivity index (χ0v) is 13.7. The van der Waals surface area contributed by atoms with Crippen molar-refractivity contribution in [3.8, 4) is 0 Å². The van der Waals surface area contributed by atoms with Crippen molar-refractivity contribution in [2.24, 2.45) is 0 Å². The van der Waals surface area contributed by atoms with Crippen LogP contribution in [-0.4, -0.2) is 16.1 Å². The van der Waals surface area contributed by atoms with Gasteiger partial charge in [-0.05, 0) is 32.3 Å². The van der Waals surface area contributed by atoms with Gasteiger partial charge < -0.3 is 0 Å². The molecule has 0 N–H and O–H groups in total. The zero-order valence-electron chi connectivity index (χ0n) is 10.3. The van der Waals surface area contributed by atoms with E-state index in [4.69, 9.17) is 0 Å². The molecule has 98 valence electrons. The van der Waals surface area contributed by atoms with Crippen LogP contribution in [0.2, 0.25) is 0 Å². The monoisotopic (exact) mass is 322 g/mol. The van der Waals surface area contributed by atoms with Crippen molar-refractivity contribution in [2.45, 2.75) is 0 Å². The van der Waals surface area contributed by atoms with Gasteiger partial charge in [-0.25, -0.2) is 0 Å². The van der Waals surface area contributed by atoms with Crippen molar-refractivity contribution >= 4 is 51.9 Å². The largest absolute Gasteiger partial charge is 0.118 e. The average Bonchev–Trinajstić information content (AvgIpc) is 2.51. The standard InChI is InChI=1S/C15H15PS3/c1-4-10-17(11-5-1)16(18-12-6-2-7-13-18)19-14-8-3-9-15-19/h1-15H. The van der Waals surface area contributed by atoms with Crippen LogP contribution in [0.25, 0.3) is 0 Å². The SMILES string of the molecule is C1=CC=S(P(S2=CC=CC=C2)S2=CC=CC=C2)C=C1. The van der Waals surface area contributed by atoms with E-state index >= 15 is 0 Å². The highest BCUT2D eigenvalue weighted by Gasteiger charge is 2.18. The van der Waals surface area contributed by atoms with Crippen LogP contribution in [0, 0.1) is 0 Å². The molecular weight excluding hydrogens is 307 g/mol. The lowest BCUT2D eigenvalue weighted by atomic mass is 10.5. The second-order valence-corrected chi connectivity index (χ2v) is 17.1. The normalized spacial score (nSPS) is 32.5. The van der Waals surface area contributed by atoms with Crippen molar-refractivity contribution in [2.75, 3.05) is 0 Å². The Bertz CT molecular complexity index is 550. The summed E-state index contributed by atoms with van der Waals surface area (Å²) < 4.78 is 0. The van der Waals surface area contributed by atoms with Crippen LogP contribution >= 0.6 is 35.8 Å². The molecule has 0 fully saturated rings. The molecule has 0 aromatic rings. The molecule has 0 saturated carbocycles. The minimum atomic E-state index is -0.113. The lowest BCUT2D eigenvalue weighted by molar-refractivity contribution is 2.06. The fourth-order valence-electron chi connectivity index (χ4n) is 1.68. The van der Waals surface area contributed by atoms with E-state index in [0.717, 1.165) is 0 Å². The number of hydrogen-bond acceptors (Lipinski definition) is 0. The summed E-state index contributed by atoms with van der Waals surface area (Å²) in [5.41, 5.74) is -0.113. The fourth-order valence-corrected chi connectivity index (χ4v) is 20.2. The molecule has 3 unspecified atom stereocenters. The third-order valence-electron chi connectivity index (χ3n) is 2.49. The van der Waals surface area contributed by atoms with E-state index < -0.39 is 0 Å². The highest BCUT2D eigenvalue weighted by molar-refractivity contribution is 9.21. The number of hydrogen-bond donors (Lipinski definition) is 0. The second kappa shape index (κ2) is 6.81. The summed E-state index contributed by atoms with van der Waals surface area (Å²) in [6.07, 6.45) is 19.6. The van der Waals surface area contributed by atoms with Crippen molar-refractivity contribution in [1.82, 2.24) is 0 Å². The van der Waals surface area contributed by atoms with Crippen LogP contribution in [0.1, 0.15) is 0 Å². The molecule has 3 atom stereocenters. The van der Waals surface area contributed by atoms with Crippen LogP contribution in [0.4, 0.5) is 0 Å². The van der Waals surface area contributed by atoms with Gasteiger partial charge in [-0.1, -0.05) is 54.7 Å². The van der Waals surface area contributed by atoms with E-state index in [1.165, 1.54) is 0 Å². The molecule has 3 aliphatic rings. The third kappa shape index (κ3) is 3.35. The lowest BCUT2D eigenvalue weighted by Crippen LogP contribution is -1.79. The highest BCUT2D eigenvalue weighted by atomic mass is 33.4. The van der Waals surface area contributed by atoms with Gasteiger partial charge in [-0.3, -0.25) is 0 Å². The molecule has 3 heterocycles. The first kappa shape index (κ1) is 13.5. The van der Waals surface area contributed by atoms with E-state index in [9.17, 15) is 0 Å². The first-order valence-corrected chi connectivity index (χ1v) is 13.2. The van der Waals surface area contributed by atoms with E-state index in [1.807, 2.05) is 0 Å². The van der Waals surface area contributed by atoms with Gasteiger partial charge in [0.05, 0.1) is 5.53 Å². The first-order valence-electron chi connectivity index (χ1n) is 5.96. The average molecular weight is 322 g/mol. The first-order chi connectivity index (χ1) is 9.45. The molecule has 4 heteroatoms. The van der Waals surface area contributed by atoms with Gasteiger partial charge in [0.1, 0.15) is 0 Å². The van der Waals surface area contributed by atoms with Crippen molar-refractivity contribution in [1.29, 1.82) is 0 Å². The van der Waals surface area contributed by atoms with Crippen molar-refractivity contribution < 1.29 is 0 Å². The maximum absolute atomic E-state index is 2.39. The topological polar surface area (TPSA) is 0 Å². The summed E-state index contributed by atoms with van der Waals surface area (Å²) in [5.74, 6) is 0. The fraction of sp³-hybridized carbons (Fsp3) is 0. The maximum Gasteiger partial charge on any atom is 0.0681 e. The second-order valence-electron chi connectivity index (χ2n) is 3.81. The molecule has 0 spiro atoms. The van der Waals surface area contributed by atoms with Crippen LogP contribution < -0.4 is 0 Å². The van der Waals surface area contributed by atoms with E-state index in [-0.39, 0.29) is 35.8 Å². The number of allylic oxidation sites excluding steroid dienone is 9. The molecule has 19 heavy (non-hydrogen) atoms. The lowest BCUT2D eigenvalue weighted by Gasteiger charge is -2.25. The molecular formula is C15H15PS3. The van der Waals surface area contributed by atoms with E-state index in [0.29, 0.717) is 0 Å². The summed E-state index contributed by atoms with van der Waals surface area (Å²) in [6, 6.07) is 0. The summed E-state index contributed by atoms with van der Waals surface area (Å²) in [4.78, 5) is 0. The molecule has 0 aromatic heterocycles. The van der Waals surface area contributed by atoms with Gasteiger partial charge in [0.2, 0.25) is 0 Å². The Morgan fingerprint density at radius 2 is 0.789 bits per heavy atom. The van der Waals surface area contributed by atoms with Gasteiger partial charge in [0.15, 0.2) is 0 Å². The van der Waals surface area contributed by atoms with Gasteiger partial charge in [-0.2, -0.15) is 0 Å². The molecule has 0 nitrogen and oxygen atoms in total. The molecule has 0 bridgehead atoms. The Morgan fingerprint density at radius 3 is 1.05 bits per heavy atom. The summed E-state index contributed by atoms with van der Waals surface area (Å²) in [6.45, 7) is 0. The van der Waals surface area contributed by atoms with Crippen molar-refractivity contribution in [3.63, 3.8) is 0 Å². The van der Waals surface area contributed by atoms with Crippen molar-refractivity contribution in [3.05, 3.63) is 70.9 Å². The van der Waals surface area contributed by atoms with Gasteiger partial charge in [0.25, 0.3) is 0 Å². The Balaban J connectivity index is 2.03. The summed E-state index contributed by atoms with van der Waals surface area (Å²) >= 11 is 0. The van der Waals surface area contributed by atoms with Gasteiger partial charge in [-0.15, -0.1) is 30.3 Å². The van der Waals surface area contributed by atoms with E-state index in [1.54, 1.807) is 0 Å². The molecule has 3 aliphatic heterocycles. The predicted molar refractivity (Wildman–Crippen MR) is 103 cm³/mol. The minimum absolute atomic E-state index is 0.113. The summed E-state index contributed by atoms with van der Waals surface area (Å²) in [7, 11) is 0.860. The minimum Gasteiger partial charge on any atom is -0.118 e. The molecule has 0 amide bonds. The smallest absolute Gasteiger partial charge is 0.0681 e. The Hall–Kier alpha value is -0.470. The van der Waals surface area contributed by atoms with Crippen LogP contribution in [-0.2, 0) is 0 Å². The van der Waals surface area contributed by atoms with Gasteiger partial charge in [0, 0.05) is 0 Å². The molecule has 0 aliphatic carbocycles. The zero-order chi connectivity index (χ0) is 12.9. The quantitative estimate of drug-likeness (QED) is 0.463. The predicted octanol–water partition coefficient (Wildman–Crippen LogP) is 5.68. The molecule has 0 saturated heterocycles. The third-order valence-corrected chi connectivity index (χ3v) is 20.7. The molecule has 0 radical (unpaired) electrons. The number of rotatable bonds is 3. The van der Waals surface area contributed by atoms with E-state index in [2.05, 4.69) is 87.0 Å². The Morgan fingerprint density at radius 1 is 0.421 bits per heavy atom. The Kier molecular flexibility index (Phi) is 4.84. The summed E-state index contributed by atoms with van der Waals surface area (Å²) in [5, 5.41) is 14.4. The Labute approximate surface area is 122 Å². The van der Waals surface area contributed by atoms with Gasteiger partial charge >= 0.3 is 0 Å². The molecule has 0 aromatic carbocycles.